The summed E-state index contributed by atoms with van der Waals surface area (Å²) >= 11 is 0. The molecule has 7 heteroatoms. The molecule has 2 N–H and O–H groups in total. The number of nitrogens with one attached hydrogen (secondary N) is 2. The van der Waals surface area contributed by atoms with E-state index < -0.39 is 5.97 Å². The molecule has 0 saturated carbocycles. The molecule has 0 atom stereocenters. The Hall–Kier alpha value is -2.83. The Balaban J connectivity index is 1.99. The molecule has 20 heavy (non-hydrogen) atoms. The van der Waals surface area contributed by atoms with Gasteiger partial charge in [-0.05, 0) is 12.1 Å². The fourth-order valence-corrected chi connectivity index (χ4v) is 1.44. The predicted molar refractivity (Wildman–Crippen MR) is 70.5 cm³/mol. The van der Waals surface area contributed by atoms with Crippen molar-refractivity contribution in [3.8, 4) is 5.75 Å². The lowest BCUT2D eigenvalue weighted by molar-refractivity contribution is -0.142. The van der Waals surface area contributed by atoms with Crippen LogP contribution in [0.3, 0.4) is 0 Å². The average molecular weight is 275 g/mol. The number of H-pyrrole nitrogens is 1. The molecule has 1 amide bonds. The van der Waals surface area contributed by atoms with E-state index in [1.165, 1.54) is 19.6 Å². The van der Waals surface area contributed by atoms with Gasteiger partial charge in [0.2, 0.25) is 0 Å². The molecule has 0 aliphatic carbocycles. The van der Waals surface area contributed by atoms with Gasteiger partial charge in [0, 0.05) is 11.8 Å². The molecule has 7 nitrogen and oxygen atoms in total. The van der Waals surface area contributed by atoms with Crippen molar-refractivity contribution in [3.05, 3.63) is 42.5 Å². The highest BCUT2D eigenvalue weighted by Crippen LogP contribution is 2.17. The maximum Gasteiger partial charge on any atom is 0.343 e. The predicted octanol–water partition coefficient (Wildman–Crippen LogP) is 1.21. The van der Waals surface area contributed by atoms with Gasteiger partial charge in [-0.1, -0.05) is 6.07 Å². The summed E-state index contributed by atoms with van der Waals surface area (Å²) in [6, 6.07) is 6.69. The minimum absolute atomic E-state index is 0.186. The molecule has 1 aromatic carbocycles. The first kappa shape index (κ1) is 13.6. The normalized spacial score (nSPS) is 9.85. The minimum atomic E-state index is -0.475. The molecule has 1 aromatic heterocycles. The van der Waals surface area contributed by atoms with Gasteiger partial charge in [0.15, 0.2) is 6.61 Å². The summed E-state index contributed by atoms with van der Waals surface area (Å²) in [6.07, 6.45) is 2.84. The van der Waals surface area contributed by atoms with Crippen LogP contribution in [0.2, 0.25) is 0 Å². The van der Waals surface area contributed by atoms with Crippen LogP contribution in [0, 0.1) is 0 Å². The molecule has 104 valence electrons. The number of aromatic amines is 1. The molecule has 0 aliphatic heterocycles. The third-order valence-electron chi connectivity index (χ3n) is 2.42. The third-order valence-corrected chi connectivity index (χ3v) is 2.42. The van der Waals surface area contributed by atoms with Gasteiger partial charge < -0.3 is 19.8 Å². The van der Waals surface area contributed by atoms with Crippen LogP contribution in [0.25, 0.3) is 0 Å². The monoisotopic (exact) mass is 275 g/mol. The Kier molecular flexibility index (Phi) is 4.33. The van der Waals surface area contributed by atoms with Crippen molar-refractivity contribution in [2.45, 2.75) is 0 Å². The Labute approximate surface area is 114 Å². The number of benzene rings is 1. The van der Waals surface area contributed by atoms with Crippen LogP contribution in [-0.4, -0.2) is 35.6 Å². The second-order valence-corrected chi connectivity index (χ2v) is 3.81. The van der Waals surface area contributed by atoms with Crippen LogP contribution in [0.15, 0.2) is 36.8 Å². The molecular formula is C13H13N3O4. The second-order valence-electron chi connectivity index (χ2n) is 3.81. The van der Waals surface area contributed by atoms with Crippen molar-refractivity contribution < 1.29 is 19.1 Å². The zero-order chi connectivity index (χ0) is 14.4. The SMILES string of the molecule is COC(=O)COc1cccc(NC(=O)c2cnc[nH]2)c1. The molecule has 0 spiro atoms. The number of carbonyl (C=O) groups excluding carboxylic acids is 2. The zero-order valence-corrected chi connectivity index (χ0v) is 10.8. The number of ether oxygens (including phenoxy) is 2. The average Bonchev–Trinajstić information content (AvgIpc) is 2.99. The Morgan fingerprint density at radius 3 is 2.95 bits per heavy atom. The summed E-state index contributed by atoms with van der Waals surface area (Å²) < 4.78 is 9.70. The molecule has 0 radical (unpaired) electrons. The van der Waals surface area contributed by atoms with E-state index in [1.54, 1.807) is 24.3 Å². The largest absolute Gasteiger partial charge is 0.482 e. The first-order valence-corrected chi connectivity index (χ1v) is 5.78. The number of nitrogens with zero attached hydrogens (tertiary/aromatic N) is 1. The van der Waals surface area contributed by atoms with Gasteiger partial charge in [0.05, 0.1) is 19.6 Å². The first-order chi connectivity index (χ1) is 9.69. The molecule has 0 unspecified atom stereocenters. The highest BCUT2D eigenvalue weighted by atomic mass is 16.6. The van der Waals surface area contributed by atoms with Crippen LogP contribution < -0.4 is 10.1 Å². The van der Waals surface area contributed by atoms with E-state index >= 15 is 0 Å². The van der Waals surface area contributed by atoms with Gasteiger partial charge in [-0.2, -0.15) is 0 Å². The van der Waals surface area contributed by atoms with Crippen LogP contribution >= 0.6 is 0 Å². The van der Waals surface area contributed by atoms with Crippen molar-refractivity contribution in [1.82, 2.24) is 9.97 Å². The van der Waals surface area contributed by atoms with Crippen molar-refractivity contribution >= 4 is 17.6 Å². The summed E-state index contributed by atoms with van der Waals surface area (Å²) in [5.74, 6) is -0.331. The van der Waals surface area contributed by atoms with Crippen molar-refractivity contribution in [1.29, 1.82) is 0 Å². The Bertz CT molecular complexity index is 595. The number of carbonyl (C=O) groups is 2. The van der Waals surface area contributed by atoms with Gasteiger partial charge in [0.25, 0.3) is 5.91 Å². The number of anilines is 1. The summed E-state index contributed by atoms with van der Waals surface area (Å²) in [5.41, 5.74) is 0.901. The molecule has 0 aliphatic rings. The van der Waals surface area contributed by atoms with Gasteiger partial charge in [-0.15, -0.1) is 0 Å². The maximum atomic E-state index is 11.8. The molecule has 0 fully saturated rings. The Morgan fingerprint density at radius 2 is 2.25 bits per heavy atom. The standard InChI is InChI=1S/C13H13N3O4/c1-19-12(17)7-20-10-4-2-3-9(5-10)16-13(18)11-6-14-8-15-11/h2-6,8H,7H2,1H3,(H,14,15)(H,16,18). The van der Waals surface area contributed by atoms with E-state index in [1.807, 2.05) is 0 Å². The maximum absolute atomic E-state index is 11.8. The molecule has 1 heterocycles. The Morgan fingerprint density at radius 1 is 1.40 bits per heavy atom. The second kappa shape index (κ2) is 6.37. The van der Waals surface area contributed by atoms with E-state index in [2.05, 4.69) is 20.0 Å². The smallest absolute Gasteiger partial charge is 0.343 e. The summed E-state index contributed by atoms with van der Waals surface area (Å²) in [7, 11) is 1.28. The summed E-state index contributed by atoms with van der Waals surface area (Å²) in [5, 5.41) is 2.68. The van der Waals surface area contributed by atoms with Gasteiger partial charge in [0.1, 0.15) is 11.4 Å². The van der Waals surface area contributed by atoms with Gasteiger partial charge in [-0.25, -0.2) is 9.78 Å². The third kappa shape index (κ3) is 3.58. The van der Waals surface area contributed by atoms with Crippen LogP contribution in [-0.2, 0) is 9.53 Å². The quantitative estimate of drug-likeness (QED) is 0.800. The van der Waals surface area contributed by atoms with E-state index in [0.29, 0.717) is 17.1 Å². The van der Waals surface area contributed by atoms with E-state index in [0.717, 1.165) is 0 Å². The van der Waals surface area contributed by atoms with Crippen molar-refractivity contribution in [2.24, 2.45) is 0 Å². The fourth-order valence-electron chi connectivity index (χ4n) is 1.44. The lowest BCUT2D eigenvalue weighted by Gasteiger charge is -2.07. The van der Waals surface area contributed by atoms with Crippen molar-refractivity contribution in [2.75, 3.05) is 19.0 Å². The lowest BCUT2D eigenvalue weighted by atomic mass is 10.3. The molecule has 2 rings (SSSR count). The number of hydrogen-bond donors (Lipinski definition) is 2. The first-order valence-electron chi connectivity index (χ1n) is 5.78. The highest BCUT2D eigenvalue weighted by Gasteiger charge is 2.08. The van der Waals surface area contributed by atoms with Crippen molar-refractivity contribution in [3.63, 3.8) is 0 Å². The molecule has 0 saturated heterocycles. The van der Waals surface area contributed by atoms with E-state index in [-0.39, 0.29) is 12.5 Å². The minimum Gasteiger partial charge on any atom is -0.482 e. The summed E-state index contributed by atoms with van der Waals surface area (Å²) in [4.78, 5) is 29.2. The zero-order valence-electron chi connectivity index (χ0n) is 10.8. The van der Waals surface area contributed by atoms with Gasteiger partial charge >= 0.3 is 5.97 Å². The summed E-state index contributed by atoms with van der Waals surface area (Å²) in [6.45, 7) is -0.186. The topological polar surface area (TPSA) is 93.3 Å². The lowest BCUT2D eigenvalue weighted by Crippen LogP contribution is -2.14. The number of hydrogen-bond acceptors (Lipinski definition) is 5. The number of aromatic nitrogens is 2. The van der Waals surface area contributed by atoms with E-state index in [4.69, 9.17) is 4.74 Å². The van der Waals surface area contributed by atoms with Crippen LogP contribution in [0.1, 0.15) is 10.5 Å². The number of esters is 1. The number of amides is 1. The van der Waals surface area contributed by atoms with Crippen LogP contribution in [0.4, 0.5) is 5.69 Å². The molecular weight excluding hydrogens is 262 g/mol. The van der Waals surface area contributed by atoms with E-state index in [9.17, 15) is 9.59 Å². The molecule has 2 aromatic rings. The molecule has 0 bridgehead atoms. The number of rotatable bonds is 5. The van der Waals surface area contributed by atoms with Gasteiger partial charge in [-0.3, -0.25) is 4.79 Å². The van der Waals surface area contributed by atoms with Crippen LogP contribution in [0.5, 0.6) is 5.75 Å². The number of imidazole rings is 1. The highest BCUT2D eigenvalue weighted by molar-refractivity contribution is 6.02. The fraction of sp³-hybridized carbons (Fsp3) is 0.154. The number of methoxy groups -OCH3 is 1.